The molecule has 1 amide bonds. The molecule has 0 aromatic heterocycles. The smallest absolute Gasteiger partial charge is 0.337 e. The molecule has 0 bridgehead atoms. The summed E-state index contributed by atoms with van der Waals surface area (Å²) in [6.07, 6.45) is 1.41. The summed E-state index contributed by atoms with van der Waals surface area (Å²) in [5.41, 5.74) is 1.19. The van der Waals surface area contributed by atoms with Gasteiger partial charge in [0.15, 0.2) is 11.5 Å². The second-order valence-electron chi connectivity index (χ2n) is 5.48. The molecule has 0 aliphatic carbocycles. The zero-order chi connectivity index (χ0) is 20.7. The second kappa shape index (κ2) is 9.75. The van der Waals surface area contributed by atoms with Gasteiger partial charge in [-0.15, -0.1) is 0 Å². The van der Waals surface area contributed by atoms with Gasteiger partial charge in [-0.25, -0.2) is 4.79 Å². The fourth-order valence-corrected chi connectivity index (χ4v) is 2.89. The van der Waals surface area contributed by atoms with Gasteiger partial charge in [0, 0.05) is 5.69 Å². The Morgan fingerprint density at radius 1 is 1.29 bits per heavy atom. The minimum Gasteiger partial charge on any atom is -0.504 e. The summed E-state index contributed by atoms with van der Waals surface area (Å²) in [4.78, 5) is 23.8. The number of methoxy groups -OCH3 is 1. The van der Waals surface area contributed by atoms with E-state index in [0.29, 0.717) is 27.0 Å². The number of benzene rings is 2. The molecule has 0 fully saturated rings. The van der Waals surface area contributed by atoms with Gasteiger partial charge < -0.3 is 19.9 Å². The molecule has 2 aromatic rings. The number of phenolic OH excluding ortho intramolecular Hbond substituents is 1. The Hall–Kier alpha value is -3.06. The number of halogens is 1. The molecule has 7 nitrogen and oxygen atoms in total. The maximum atomic E-state index is 12.4. The quantitative estimate of drug-likeness (QED) is 0.276. The van der Waals surface area contributed by atoms with Crippen molar-refractivity contribution in [3.63, 3.8) is 0 Å². The van der Waals surface area contributed by atoms with E-state index in [-0.39, 0.29) is 17.1 Å². The van der Waals surface area contributed by atoms with Crippen LogP contribution in [0.15, 0.2) is 42.0 Å². The standard InChI is InChI=1S/C20H17IN2O5/c1-3-28-17-10-12(9-16(21)18(17)24)8-14(11-22)19(25)23-15-6-4-13(5-7-15)20(26)27-2/h4-10,24H,3H2,1-2H3,(H,23,25)/b14-8+. The van der Waals surface area contributed by atoms with Gasteiger partial charge in [0.05, 0.1) is 22.9 Å². The predicted octanol–water partition coefficient (Wildman–Crippen LogP) is 3.73. The van der Waals surface area contributed by atoms with Gasteiger partial charge in [0.1, 0.15) is 11.6 Å². The molecular weight excluding hydrogens is 475 g/mol. The van der Waals surface area contributed by atoms with Crippen LogP contribution in [0.25, 0.3) is 6.08 Å². The van der Waals surface area contributed by atoms with Crippen molar-refractivity contribution in [1.82, 2.24) is 0 Å². The number of nitriles is 1. The number of nitrogens with zero attached hydrogens (tertiary/aromatic N) is 1. The maximum absolute atomic E-state index is 12.4. The molecular formula is C20H17IN2O5. The molecule has 0 saturated heterocycles. The molecule has 0 aliphatic rings. The number of carbonyl (C=O) groups is 2. The SMILES string of the molecule is CCOc1cc(/C=C(\C#N)C(=O)Nc2ccc(C(=O)OC)cc2)cc(I)c1O. The third kappa shape index (κ3) is 5.23. The van der Waals surface area contributed by atoms with Crippen LogP contribution in [0.4, 0.5) is 5.69 Å². The highest BCUT2D eigenvalue weighted by Gasteiger charge is 2.13. The van der Waals surface area contributed by atoms with Crippen molar-refractivity contribution in [3.05, 3.63) is 56.7 Å². The Labute approximate surface area is 175 Å². The Morgan fingerprint density at radius 2 is 1.96 bits per heavy atom. The van der Waals surface area contributed by atoms with Crippen LogP contribution in [-0.2, 0) is 9.53 Å². The van der Waals surface area contributed by atoms with E-state index in [4.69, 9.17) is 4.74 Å². The van der Waals surface area contributed by atoms with Gasteiger partial charge in [-0.05, 0) is 77.6 Å². The van der Waals surface area contributed by atoms with Crippen LogP contribution >= 0.6 is 22.6 Å². The van der Waals surface area contributed by atoms with E-state index in [1.54, 1.807) is 19.1 Å². The van der Waals surface area contributed by atoms with Gasteiger partial charge in [-0.1, -0.05) is 0 Å². The third-order valence-corrected chi connectivity index (χ3v) is 4.41. The number of carbonyl (C=O) groups excluding carboxylic acids is 2. The van der Waals surface area contributed by atoms with Gasteiger partial charge in [0.2, 0.25) is 0 Å². The monoisotopic (exact) mass is 492 g/mol. The van der Waals surface area contributed by atoms with Crippen molar-refractivity contribution in [3.8, 4) is 17.6 Å². The minimum absolute atomic E-state index is 0.00764. The molecule has 0 saturated carbocycles. The first-order valence-electron chi connectivity index (χ1n) is 8.16. The molecule has 0 unspecified atom stereocenters. The highest BCUT2D eigenvalue weighted by atomic mass is 127. The van der Waals surface area contributed by atoms with Crippen molar-refractivity contribution in [2.75, 3.05) is 19.0 Å². The van der Waals surface area contributed by atoms with Gasteiger partial charge in [-0.2, -0.15) is 5.26 Å². The highest BCUT2D eigenvalue weighted by Crippen LogP contribution is 2.33. The number of anilines is 1. The van der Waals surface area contributed by atoms with Crippen LogP contribution < -0.4 is 10.1 Å². The van der Waals surface area contributed by atoms with E-state index in [1.165, 1.54) is 37.5 Å². The highest BCUT2D eigenvalue weighted by molar-refractivity contribution is 14.1. The summed E-state index contributed by atoms with van der Waals surface area (Å²) >= 11 is 1.94. The van der Waals surface area contributed by atoms with Gasteiger partial charge >= 0.3 is 5.97 Å². The second-order valence-corrected chi connectivity index (χ2v) is 6.64. The molecule has 0 spiro atoms. The number of amides is 1. The molecule has 2 aromatic carbocycles. The van der Waals surface area contributed by atoms with Crippen LogP contribution in [0.5, 0.6) is 11.5 Å². The molecule has 8 heteroatoms. The number of phenols is 1. The fraction of sp³-hybridized carbons (Fsp3) is 0.150. The summed E-state index contributed by atoms with van der Waals surface area (Å²) in [6.45, 7) is 2.15. The molecule has 2 rings (SSSR count). The zero-order valence-electron chi connectivity index (χ0n) is 15.2. The molecule has 0 radical (unpaired) electrons. The molecule has 2 N–H and O–H groups in total. The lowest BCUT2D eigenvalue weighted by Crippen LogP contribution is -2.13. The maximum Gasteiger partial charge on any atom is 0.337 e. The van der Waals surface area contributed by atoms with E-state index < -0.39 is 11.9 Å². The molecule has 144 valence electrons. The first-order chi connectivity index (χ1) is 13.4. The van der Waals surface area contributed by atoms with Crippen LogP contribution in [0, 0.1) is 14.9 Å². The van der Waals surface area contributed by atoms with Crippen molar-refractivity contribution in [2.24, 2.45) is 0 Å². The first-order valence-corrected chi connectivity index (χ1v) is 9.24. The van der Waals surface area contributed by atoms with Gasteiger partial charge in [0.25, 0.3) is 5.91 Å². The van der Waals surface area contributed by atoms with Crippen molar-refractivity contribution in [2.45, 2.75) is 6.92 Å². The van der Waals surface area contributed by atoms with Crippen molar-refractivity contribution in [1.29, 1.82) is 5.26 Å². The third-order valence-electron chi connectivity index (χ3n) is 3.59. The van der Waals surface area contributed by atoms with Crippen molar-refractivity contribution < 1.29 is 24.2 Å². The lowest BCUT2D eigenvalue weighted by Gasteiger charge is -2.09. The summed E-state index contributed by atoms with van der Waals surface area (Å²) in [6, 6.07) is 11.1. The number of aromatic hydroxyl groups is 1. The van der Waals surface area contributed by atoms with Crippen LogP contribution in [0.1, 0.15) is 22.8 Å². The first kappa shape index (κ1) is 21.2. The number of hydrogen-bond donors (Lipinski definition) is 2. The summed E-state index contributed by atoms with van der Waals surface area (Å²) < 4.78 is 10.5. The van der Waals surface area contributed by atoms with E-state index in [2.05, 4.69) is 10.1 Å². The molecule has 0 heterocycles. The molecule has 0 atom stereocenters. The average molecular weight is 492 g/mol. The largest absolute Gasteiger partial charge is 0.504 e. The Morgan fingerprint density at radius 3 is 2.54 bits per heavy atom. The topological polar surface area (TPSA) is 109 Å². The normalized spacial score (nSPS) is 10.7. The van der Waals surface area contributed by atoms with E-state index >= 15 is 0 Å². The lowest BCUT2D eigenvalue weighted by molar-refractivity contribution is -0.112. The average Bonchev–Trinajstić information content (AvgIpc) is 2.69. The van der Waals surface area contributed by atoms with Gasteiger partial charge in [-0.3, -0.25) is 4.79 Å². The number of ether oxygens (including phenoxy) is 2. The van der Waals surface area contributed by atoms with E-state index in [0.717, 1.165) is 0 Å². The molecule has 0 aliphatic heterocycles. The molecule has 28 heavy (non-hydrogen) atoms. The minimum atomic E-state index is -0.602. The predicted molar refractivity (Wildman–Crippen MR) is 112 cm³/mol. The lowest BCUT2D eigenvalue weighted by atomic mass is 10.1. The number of nitrogens with one attached hydrogen (secondary N) is 1. The number of hydrogen-bond acceptors (Lipinski definition) is 6. The summed E-state index contributed by atoms with van der Waals surface area (Å²) in [5.74, 6) is -0.804. The Balaban J connectivity index is 2.24. The van der Waals surface area contributed by atoms with Crippen molar-refractivity contribution >= 4 is 46.2 Å². The van der Waals surface area contributed by atoms with E-state index in [9.17, 15) is 20.0 Å². The Kier molecular flexibility index (Phi) is 7.40. The van der Waals surface area contributed by atoms with Crippen LogP contribution in [0.3, 0.4) is 0 Å². The fourth-order valence-electron chi connectivity index (χ4n) is 2.26. The number of rotatable bonds is 6. The number of esters is 1. The van der Waals surface area contributed by atoms with Crippen LogP contribution in [0.2, 0.25) is 0 Å². The summed E-state index contributed by atoms with van der Waals surface area (Å²) in [5, 5.41) is 22.0. The van der Waals surface area contributed by atoms with Crippen LogP contribution in [-0.4, -0.2) is 30.7 Å². The van der Waals surface area contributed by atoms with E-state index in [1.807, 2.05) is 28.7 Å². The Bertz CT molecular complexity index is 962. The zero-order valence-corrected chi connectivity index (χ0v) is 17.3. The summed E-state index contributed by atoms with van der Waals surface area (Å²) in [7, 11) is 1.28.